The summed E-state index contributed by atoms with van der Waals surface area (Å²) in [6, 6.07) is 4.13. The van der Waals surface area contributed by atoms with E-state index >= 15 is 0 Å². The van der Waals surface area contributed by atoms with Crippen LogP contribution in [0.1, 0.15) is 35.2 Å². The number of nitrogens with zero attached hydrogens (tertiary/aromatic N) is 2. The molecule has 0 bridgehead atoms. The molecule has 1 saturated heterocycles. The summed E-state index contributed by atoms with van der Waals surface area (Å²) < 4.78 is 0. The van der Waals surface area contributed by atoms with Crippen molar-refractivity contribution >= 4 is 28.8 Å². The standard InChI is InChI=1S/C18H20ClN3OS/c19-15-10-21-5-1-14(15)17(23)22(11-13-2-8-24-12-13)16-9-18(16)3-6-20-7-4-18/h1-2,5,8,10,12,16,20H,3-4,6-7,9,11H2/t16-/m1/s1. The number of aromatic nitrogens is 1. The Balaban J connectivity index is 1.61. The quantitative estimate of drug-likeness (QED) is 0.905. The molecular formula is C18H20ClN3OS. The summed E-state index contributed by atoms with van der Waals surface area (Å²) in [6.45, 7) is 2.75. The maximum absolute atomic E-state index is 13.2. The van der Waals surface area contributed by atoms with E-state index in [-0.39, 0.29) is 5.91 Å². The third kappa shape index (κ3) is 2.96. The molecule has 4 nitrogen and oxygen atoms in total. The summed E-state index contributed by atoms with van der Waals surface area (Å²) in [5.74, 6) is 0.0222. The van der Waals surface area contributed by atoms with Crippen LogP contribution in [0.2, 0.25) is 5.02 Å². The van der Waals surface area contributed by atoms with Crippen molar-refractivity contribution in [3.05, 3.63) is 51.4 Å². The van der Waals surface area contributed by atoms with Gasteiger partial charge in [0.2, 0.25) is 0 Å². The van der Waals surface area contributed by atoms with Gasteiger partial charge in [-0.2, -0.15) is 11.3 Å². The Bertz CT molecular complexity index is 728. The zero-order chi connectivity index (χ0) is 16.6. The fourth-order valence-electron chi connectivity index (χ4n) is 3.84. The Kier molecular flexibility index (Phi) is 4.33. The molecule has 2 aromatic heterocycles. The molecule has 2 fully saturated rings. The second-order valence-electron chi connectivity index (χ2n) is 6.75. The number of rotatable bonds is 4. The molecule has 1 N–H and O–H groups in total. The molecule has 1 saturated carbocycles. The highest BCUT2D eigenvalue weighted by Crippen LogP contribution is 2.56. The lowest BCUT2D eigenvalue weighted by atomic mass is 9.93. The molecule has 0 unspecified atom stereocenters. The predicted octanol–water partition coefficient (Wildman–Crippen LogP) is 3.58. The second-order valence-corrected chi connectivity index (χ2v) is 7.94. The molecule has 0 radical (unpaired) electrons. The number of amides is 1. The van der Waals surface area contributed by atoms with Crippen LogP contribution in [0.25, 0.3) is 0 Å². The number of halogens is 1. The average molecular weight is 362 g/mol. The maximum Gasteiger partial charge on any atom is 0.256 e. The summed E-state index contributed by atoms with van der Waals surface area (Å²) in [6.07, 6.45) is 6.58. The van der Waals surface area contributed by atoms with Crippen molar-refractivity contribution in [3.8, 4) is 0 Å². The van der Waals surface area contributed by atoms with E-state index in [1.807, 2.05) is 4.90 Å². The third-order valence-corrected chi connectivity index (χ3v) is 6.35. The number of nitrogens with one attached hydrogen (secondary N) is 1. The van der Waals surface area contributed by atoms with Gasteiger partial charge >= 0.3 is 0 Å². The van der Waals surface area contributed by atoms with Crippen molar-refractivity contribution in [2.75, 3.05) is 13.1 Å². The van der Waals surface area contributed by atoms with E-state index in [4.69, 9.17) is 11.6 Å². The van der Waals surface area contributed by atoms with Gasteiger partial charge < -0.3 is 10.2 Å². The van der Waals surface area contributed by atoms with Crippen LogP contribution in [0.15, 0.2) is 35.3 Å². The van der Waals surface area contributed by atoms with E-state index < -0.39 is 0 Å². The van der Waals surface area contributed by atoms with Crippen molar-refractivity contribution in [1.29, 1.82) is 0 Å². The van der Waals surface area contributed by atoms with E-state index in [0.29, 0.717) is 28.6 Å². The molecule has 126 valence electrons. The molecule has 24 heavy (non-hydrogen) atoms. The molecule has 1 atom stereocenters. The average Bonchev–Trinajstić information content (AvgIpc) is 3.04. The van der Waals surface area contributed by atoms with E-state index in [0.717, 1.165) is 32.4 Å². The number of hydrogen-bond donors (Lipinski definition) is 1. The van der Waals surface area contributed by atoms with Crippen molar-refractivity contribution in [3.63, 3.8) is 0 Å². The molecule has 3 heterocycles. The zero-order valence-corrected chi connectivity index (χ0v) is 14.9. The highest BCUT2D eigenvalue weighted by atomic mass is 35.5. The molecule has 6 heteroatoms. The van der Waals surface area contributed by atoms with Gasteiger partial charge in [-0.1, -0.05) is 11.6 Å². The molecule has 1 aliphatic carbocycles. The molecule has 0 aromatic carbocycles. The number of carbonyl (C=O) groups excluding carboxylic acids is 1. The Morgan fingerprint density at radius 2 is 2.25 bits per heavy atom. The van der Waals surface area contributed by atoms with Crippen molar-refractivity contribution in [2.45, 2.75) is 31.8 Å². The molecule has 1 amide bonds. The first-order valence-corrected chi connectivity index (χ1v) is 9.64. The predicted molar refractivity (Wildman–Crippen MR) is 96.4 cm³/mol. The van der Waals surface area contributed by atoms with Gasteiger partial charge in [-0.3, -0.25) is 9.78 Å². The van der Waals surface area contributed by atoms with E-state index in [9.17, 15) is 4.79 Å². The van der Waals surface area contributed by atoms with Crippen LogP contribution >= 0.6 is 22.9 Å². The fourth-order valence-corrected chi connectivity index (χ4v) is 4.70. The van der Waals surface area contributed by atoms with Crippen LogP contribution in [-0.4, -0.2) is 34.9 Å². The maximum atomic E-state index is 13.2. The number of thiophene rings is 1. The first-order valence-electron chi connectivity index (χ1n) is 8.32. The summed E-state index contributed by atoms with van der Waals surface area (Å²) in [5, 5.41) is 8.03. The normalized spacial score (nSPS) is 21.6. The van der Waals surface area contributed by atoms with Gasteiger partial charge in [0, 0.05) is 25.0 Å². The zero-order valence-electron chi connectivity index (χ0n) is 13.4. The van der Waals surface area contributed by atoms with Gasteiger partial charge in [0.15, 0.2) is 0 Å². The van der Waals surface area contributed by atoms with Crippen LogP contribution in [0.3, 0.4) is 0 Å². The number of hydrogen-bond acceptors (Lipinski definition) is 4. The summed E-state index contributed by atoms with van der Waals surface area (Å²) in [7, 11) is 0. The lowest BCUT2D eigenvalue weighted by Crippen LogP contribution is -2.39. The largest absolute Gasteiger partial charge is 0.331 e. The Labute approximate surface area is 150 Å². The van der Waals surface area contributed by atoms with E-state index in [1.165, 1.54) is 5.56 Å². The van der Waals surface area contributed by atoms with E-state index in [1.54, 1.807) is 29.8 Å². The fraction of sp³-hybridized carbons (Fsp3) is 0.444. The summed E-state index contributed by atoms with van der Waals surface area (Å²) >= 11 is 7.90. The molecule has 1 spiro atoms. The highest BCUT2D eigenvalue weighted by molar-refractivity contribution is 7.07. The number of carbonyl (C=O) groups is 1. The second kappa shape index (κ2) is 6.47. The molecule has 4 rings (SSSR count). The summed E-state index contributed by atoms with van der Waals surface area (Å²) in [4.78, 5) is 19.2. The van der Waals surface area contributed by atoms with Crippen LogP contribution < -0.4 is 5.32 Å². The third-order valence-electron chi connectivity index (χ3n) is 5.32. The first kappa shape index (κ1) is 16.1. The minimum absolute atomic E-state index is 0.0222. The minimum Gasteiger partial charge on any atom is -0.331 e. The van der Waals surface area contributed by atoms with Crippen LogP contribution in [-0.2, 0) is 6.54 Å². The van der Waals surface area contributed by atoms with Gasteiger partial charge in [-0.15, -0.1) is 0 Å². The van der Waals surface area contributed by atoms with Gasteiger partial charge in [-0.25, -0.2) is 0 Å². The Morgan fingerprint density at radius 3 is 2.96 bits per heavy atom. The SMILES string of the molecule is O=C(c1ccncc1Cl)N(Cc1ccsc1)[C@@H]1CC12CCNCC2. The highest BCUT2D eigenvalue weighted by Gasteiger charge is 2.57. The van der Waals surface area contributed by atoms with Gasteiger partial charge in [-0.05, 0) is 66.2 Å². The summed E-state index contributed by atoms with van der Waals surface area (Å²) in [5.41, 5.74) is 2.04. The van der Waals surface area contributed by atoms with Gasteiger partial charge in [0.1, 0.15) is 0 Å². The lowest BCUT2D eigenvalue weighted by molar-refractivity contribution is 0.0692. The van der Waals surface area contributed by atoms with Crippen molar-refractivity contribution in [1.82, 2.24) is 15.2 Å². The molecule has 2 aromatic rings. The number of pyridine rings is 1. The Morgan fingerprint density at radius 1 is 1.42 bits per heavy atom. The smallest absolute Gasteiger partial charge is 0.256 e. The topological polar surface area (TPSA) is 45.2 Å². The minimum atomic E-state index is 0.0222. The number of piperidine rings is 1. The molecule has 1 aliphatic heterocycles. The van der Waals surface area contributed by atoms with Crippen molar-refractivity contribution < 1.29 is 4.79 Å². The monoisotopic (exact) mass is 361 g/mol. The molecular weight excluding hydrogens is 342 g/mol. The van der Waals surface area contributed by atoms with E-state index in [2.05, 4.69) is 27.1 Å². The van der Waals surface area contributed by atoms with Gasteiger partial charge in [0.05, 0.1) is 10.6 Å². The molecule has 2 aliphatic rings. The van der Waals surface area contributed by atoms with Crippen LogP contribution in [0, 0.1) is 5.41 Å². The lowest BCUT2D eigenvalue weighted by Gasteiger charge is -2.29. The van der Waals surface area contributed by atoms with Gasteiger partial charge in [0.25, 0.3) is 5.91 Å². The van der Waals surface area contributed by atoms with Crippen LogP contribution in [0.5, 0.6) is 0 Å². The Hall–Kier alpha value is -1.43. The van der Waals surface area contributed by atoms with Crippen LogP contribution in [0.4, 0.5) is 0 Å². The first-order chi connectivity index (χ1) is 11.7. The van der Waals surface area contributed by atoms with Crippen molar-refractivity contribution in [2.24, 2.45) is 5.41 Å².